The zero-order chi connectivity index (χ0) is 17.9. The third-order valence-corrected chi connectivity index (χ3v) is 7.64. The van der Waals surface area contributed by atoms with Crippen molar-refractivity contribution >= 4 is 38.6 Å². The largest absolute Gasteiger partial charge is 0.508 e. The number of amidine groups is 1. The van der Waals surface area contributed by atoms with Crippen molar-refractivity contribution in [1.29, 1.82) is 0 Å². The summed E-state index contributed by atoms with van der Waals surface area (Å²) in [6.45, 7) is 1.77. The molecule has 0 spiro atoms. The molecule has 1 unspecified atom stereocenters. The van der Waals surface area contributed by atoms with Crippen molar-refractivity contribution in [2.24, 2.45) is 5.10 Å². The number of nitrogens with zero attached hydrogens (tertiary/aromatic N) is 3. The number of para-hydroxylation sites is 1. The standard InChI is InChI=1S/C16H14ClN3O3S2/c1-9-7-14-13(8-11(9)17)24-16-18-19(2)15(20(16)25(14,22)23)10-5-3-4-6-12(10)21/h3-8,15,21H,1-2H3. The number of hydrazone groups is 1. The first-order valence-electron chi connectivity index (χ1n) is 7.42. The smallest absolute Gasteiger partial charge is 0.269 e. The predicted molar refractivity (Wildman–Crippen MR) is 97.1 cm³/mol. The lowest BCUT2D eigenvalue weighted by atomic mass is 10.1. The van der Waals surface area contributed by atoms with Gasteiger partial charge < -0.3 is 5.11 Å². The summed E-state index contributed by atoms with van der Waals surface area (Å²) in [5.41, 5.74) is 1.17. The topological polar surface area (TPSA) is 73.2 Å². The van der Waals surface area contributed by atoms with Crippen LogP contribution in [0.3, 0.4) is 0 Å². The van der Waals surface area contributed by atoms with E-state index >= 15 is 0 Å². The van der Waals surface area contributed by atoms with Crippen LogP contribution < -0.4 is 0 Å². The van der Waals surface area contributed by atoms with Crippen LogP contribution in [-0.4, -0.2) is 35.1 Å². The number of halogens is 1. The van der Waals surface area contributed by atoms with Gasteiger partial charge in [-0.3, -0.25) is 5.01 Å². The van der Waals surface area contributed by atoms with Gasteiger partial charge in [0.15, 0.2) is 6.17 Å². The van der Waals surface area contributed by atoms with Gasteiger partial charge in [-0.05, 0) is 42.4 Å². The zero-order valence-electron chi connectivity index (χ0n) is 13.3. The highest BCUT2D eigenvalue weighted by Gasteiger charge is 2.47. The van der Waals surface area contributed by atoms with Gasteiger partial charge in [-0.15, -0.1) is 5.10 Å². The van der Waals surface area contributed by atoms with Gasteiger partial charge in [0.1, 0.15) is 10.6 Å². The number of hydrogen-bond donors (Lipinski definition) is 1. The fourth-order valence-corrected chi connectivity index (χ4v) is 6.52. The molecule has 2 heterocycles. The summed E-state index contributed by atoms with van der Waals surface area (Å²) in [4.78, 5) is 0.756. The Morgan fingerprint density at radius 1 is 1.28 bits per heavy atom. The van der Waals surface area contributed by atoms with Crippen molar-refractivity contribution in [3.63, 3.8) is 0 Å². The van der Waals surface area contributed by atoms with Gasteiger partial charge in [-0.1, -0.05) is 29.8 Å². The second kappa shape index (κ2) is 5.55. The molecular formula is C16H14ClN3O3S2. The summed E-state index contributed by atoms with van der Waals surface area (Å²) in [6, 6.07) is 9.90. The highest BCUT2D eigenvalue weighted by atomic mass is 35.5. The first kappa shape index (κ1) is 16.6. The van der Waals surface area contributed by atoms with Crippen LogP contribution in [0.4, 0.5) is 0 Å². The minimum Gasteiger partial charge on any atom is -0.508 e. The van der Waals surface area contributed by atoms with E-state index in [4.69, 9.17) is 11.6 Å². The van der Waals surface area contributed by atoms with E-state index in [1.807, 2.05) is 0 Å². The van der Waals surface area contributed by atoms with Crippen LogP contribution >= 0.6 is 23.4 Å². The molecule has 25 heavy (non-hydrogen) atoms. The predicted octanol–water partition coefficient (Wildman–Crippen LogP) is 3.37. The maximum absolute atomic E-state index is 13.3. The number of phenolic OH excluding ortho intramolecular Hbond substituents is 1. The quantitative estimate of drug-likeness (QED) is 0.801. The van der Waals surface area contributed by atoms with E-state index in [0.29, 0.717) is 26.2 Å². The van der Waals surface area contributed by atoms with Crippen molar-refractivity contribution in [2.75, 3.05) is 7.05 Å². The number of aromatic hydroxyl groups is 1. The number of rotatable bonds is 1. The molecule has 9 heteroatoms. The summed E-state index contributed by atoms with van der Waals surface area (Å²) in [5, 5.41) is 16.9. The lowest BCUT2D eigenvalue weighted by Gasteiger charge is -2.32. The van der Waals surface area contributed by atoms with Gasteiger partial charge in [-0.2, -0.15) is 0 Å². The van der Waals surface area contributed by atoms with Gasteiger partial charge in [0.25, 0.3) is 10.0 Å². The second-order valence-corrected chi connectivity index (χ2v) is 9.04. The third kappa shape index (κ3) is 2.39. The van der Waals surface area contributed by atoms with Gasteiger partial charge >= 0.3 is 0 Å². The van der Waals surface area contributed by atoms with Gasteiger partial charge in [0.2, 0.25) is 5.17 Å². The van der Waals surface area contributed by atoms with E-state index in [9.17, 15) is 13.5 Å². The SMILES string of the molecule is Cc1cc2c(cc1Cl)SC1=NN(C)C(c3ccccc3O)N1S2(=O)=O. The van der Waals surface area contributed by atoms with Crippen molar-refractivity contribution in [3.8, 4) is 5.75 Å². The van der Waals surface area contributed by atoms with Crippen molar-refractivity contribution in [1.82, 2.24) is 9.31 Å². The summed E-state index contributed by atoms with van der Waals surface area (Å²) in [7, 11) is -2.15. The molecule has 6 nitrogen and oxygen atoms in total. The molecular weight excluding hydrogens is 382 g/mol. The minimum atomic E-state index is -3.84. The molecule has 2 aromatic rings. The van der Waals surface area contributed by atoms with E-state index in [2.05, 4.69) is 5.10 Å². The molecule has 0 aromatic heterocycles. The van der Waals surface area contributed by atoms with Gasteiger partial charge in [0.05, 0.1) is 0 Å². The lowest BCUT2D eigenvalue weighted by molar-refractivity contribution is 0.211. The number of aryl methyl sites for hydroxylation is 1. The molecule has 0 bridgehead atoms. The fraction of sp³-hybridized carbons (Fsp3) is 0.188. The highest BCUT2D eigenvalue weighted by Crippen LogP contribution is 2.48. The number of hydrogen-bond acceptors (Lipinski definition) is 6. The Morgan fingerprint density at radius 2 is 2.00 bits per heavy atom. The Labute approximate surface area is 154 Å². The van der Waals surface area contributed by atoms with Crippen LogP contribution in [0.1, 0.15) is 17.3 Å². The second-order valence-electron chi connectivity index (χ2n) is 5.84. The van der Waals surface area contributed by atoms with E-state index in [-0.39, 0.29) is 10.6 Å². The Hall–Kier alpha value is -1.90. The molecule has 0 radical (unpaired) electrons. The summed E-state index contributed by atoms with van der Waals surface area (Å²) in [6.07, 6.45) is -0.738. The Morgan fingerprint density at radius 3 is 2.72 bits per heavy atom. The first-order chi connectivity index (χ1) is 11.8. The van der Waals surface area contributed by atoms with Crippen LogP contribution in [0.25, 0.3) is 0 Å². The molecule has 4 rings (SSSR count). The summed E-state index contributed by atoms with van der Waals surface area (Å²) < 4.78 is 27.8. The lowest BCUT2D eigenvalue weighted by Crippen LogP contribution is -2.40. The maximum atomic E-state index is 13.3. The van der Waals surface area contributed by atoms with E-state index in [0.717, 1.165) is 0 Å². The highest BCUT2D eigenvalue weighted by molar-refractivity contribution is 8.16. The number of benzene rings is 2. The number of fused-ring (bicyclic) bond motifs is 2. The number of thioether (sulfide) groups is 1. The normalized spacial score (nSPS) is 20.9. The zero-order valence-corrected chi connectivity index (χ0v) is 15.7. The van der Waals surface area contributed by atoms with Crippen LogP contribution in [0.15, 0.2) is 51.3 Å². The molecule has 0 fully saturated rings. The van der Waals surface area contributed by atoms with E-state index in [1.54, 1.807) is 44.3 Å². The van der Waals surface area contributed by atoms with Crippen molar-refractivity contribution in [2.45, 2.75) is 22.9 Å². The summed E-state index contributed by atoms with van der Waals surface area (Å²) >= 11 is 7.40. The molecule has 0 aliphatic carbocycles. The molecule has 0 amide bonds. The van der Waals surface area contributed by atoms with Crippen molar-refractivity contribution in [3.05, 3.63) is 52.5 Å². The molecule has 1 N–H and O–H groups in total. The molecule has 2 aliphatic heterocycles. The third-order valence-electron chi connectivity index (χ3n) is 4.19. The van der Waals surface area contributed by atoms with Gasteiger partial charge in [0, 0.05) is 22.5 Å². The molecule has 1 atom stereocenters. The Bertz CT molecular complexity index is 1020. The number of sulfonamides is 1. The van der Waals surface area contributed by atoms with Gasteiger partial charge in [-0.25, -0.2) is 12.7 Å². The van der Waals surface area contributed by atoms with E-state index in [1.165, 1.54) is 27.1 Å². The summed E-state index contributed by atoms with van der Waals surface area (Å²) in [5.74, 6) is 0.0223. The maximum Gasteiger partial charge on any atom is 0.269 e. The number of phenols is 1. The fourth-order valence-electron chi connectivity index (χ4n) is 2.95. The molecule has 130 valence electrons. The average molecular weight is 396 g/mol. The molecule has 0 saturated heterocycles. The van der Waals surface area contributed by atoms with E-state index < -0.39 is 16.2 Å². The monoisotopic (exact) mass is 395 g/mol. The average Bonchev–Trinajstić information content (AvgIpc) is 2.87. The van der Waals surface area contributed by atoms with Crippen LogP contribution in [0, 0.1) is 6.92 Å². The molecule has 2 aromatic carbocycles. The minimum absolute atomic E-state index is 0.0223. The molecule has 2 aliphatic rings. The van der Waals surface area contributed by atoms with Crippen LogP contribution in [0.2, 0.25) is 5.02 Å². The van der Waals surface area contributed by atoms with Crippen molar-refractivity contribution < 1.29 is 13.5 Å². The first-order valence-corrected chi connectivity index (χ1v) is 10.1. The molecule has 0 saturated carbocycles. The van der Waals surface area contributed by atoms with Crippen LogP contribution in [-0.2, 0) is 10.0 Å². The Balaban J connectivity index is 1.91. The van der Waals surface area contributed by atoms with Crippen LogP contribution in [0.5, 0.6) is 5.75 Å². The Kier molecular flexibility index (Phi) is 3.68.